The van der Waals surface area contributed by atoms with Crippen molar-refractivity contribution in [3.63, 3.8) is 0 Å². The second-order valence-corrected chi connectivity index (χ2v) is 4.39. The third kappa shape index (κ3) is 2.02. The Bertz CT molecular complexity index is 899. The fourth-order valence-electron chi connectivity index (χ4n) is 2.13. The van der Waals surface area contributed by atoms with Crippen LogP contribution < -0.4 is 0 Å². The highest BCUT2D eigenvalue weighted by Crippen LogP contribution is 2.27. The molecule has 6 heteroatoms. The van der Waals surface area contributed by atoms with Gasteiger partial charge in [-0.2, -0.15) is 4.98 Å². The minimum Gasteiger partial charge on any atom is -0.334 e. The highest BCUT2D eigenvalue weighted by Gasteiger charge is 2.14. The fraction of sp³-hybridized carbons (Fsp3) is 0. The summed E-state index contributed by atoms with van der Waals surface area (Å²) in [5, 5.41) is 4.93. The first kappa shape index (κ1) is 11.7. The van der Waals surface area contributed by atoms with Crippen molar-refractivity contribution in [2.45, 2.75) is 0 Å². The van der Waals surface area contributed by atoms with Crippen LogP contribution >= 0.6 is 0 Å². The predicted octanol–water partition coefficient (Wildman–Crippen LogP) is 2.74. The number of hydrogen-bond acceptors (Lipinski definition) is 6. The Balaban J connectivity index is 1.85. The van der Waals surface area contributed by atoms with Crippen molar-refractivity contribution in [3.05, 3.63) is 55.1 Å². The Morgan fingerprint density at radius 2 is 1.86 bits per heavy atom. The van der Waals surface area contributed by atoms with Crippen LogP contribution in [0.15, 0.2) is 59.6 Å². The van der Waals surface area contributed by atoms with Crippen LogP contribution in [-0.2, 0) is 0 Å². The van der Waals surface area contributed by atoms with E-state index in [0.29, 0.717) is 17.4 Å². The molecule has 0 saturated carbocycles. The smallest absolute Gasteiger partial charge is 0.259 e. The molecule has 3 heterocycles. The number of para-hydroxylation sites is 1. The van der Waals surface area contributed by atoms with E-state index in [2.05, 4.69) is 25.1 Å². The molecule has 1 aromatic carbocycles. The molecule has 0 fully saturated rings. The lowest BCUT2D eigenvalue weighted by Crippen LogP contribution is -1.87. The highest BCUT2D eigenvalue weighted by atomic mass is 16.5. The summed E-state index contributed by atoms with van der Waals surface area (Å²) in [6.07, 6.45) is 6.51. The summed E-state index contributed by atoms with van der Waals surface area (Å²) in [4.78, 5) is 16.9. The summed E-state index contributed by atoms with van der Waals surface area (Å²) in [6.45, 7) is 0. The first-order valence-corrected chi connectivity index (χ1v) is 6.36. The second-order valence-electron chi connectivity index (χ2n) is 4.39. The Hall–Kier alpha value is -3.15. The van der Waals surface area contributed by atoms with E-state index in [0.717, 1.165) is 16.5 Å². The van der Waals surface area contributed by atoms with Crippen LogP contribution in [0.5, 0.6) is 0 Å². The van der Waals surface area contributed by atoms with Crippen molar-refractivity contribution in [2.75, 3.05) is 0 Å². The minimum atomic E-state index is 0.416. The molecule has 0 bridgehead atoms. The van der Waals surface area contributed by atoms with Crippen molar-refractivity contribution in [1.29, 1.82) is 0 Å². The monoisotopic (exact) mass is 275 g/mol. The topological polar surface area (TPSA) is 77.6 Å². The van der Waals surface area contributed by atoms with Gasteiger partial charge in [0.2, 0.25) is 5.82 Å². The Morgan fingerprint density at radius 1 is 0.905 bits per heavy atom. The van der Waals surface area contributed by atoms with Crippen LogP contribution in [0.3, 0.4) is 0 Å². The van der Waals surface area contributed by atoms with Gasteiger partial charge >= 0.3 is 0 Å². The zero-order chi connectivity index (χ0) is 14.1. The molecular weight excluding hydrogens is 266 g/mol. The molecule has 21 heavy (non-hydrogen) atoms. The Labute approximate surface area is 119 Å². The number of nitrogens with zero attached hydrogens (tertiary/aromatic N) is 5. The summed E-state index contributed by atoms with van der Waals surface area (Å²) >= 11 is 0. The maximum atomic E-state index is 5.36. The van der Waals surface area contributed by atoms with Crippen molar-refractivity contribution in [1.82, 2.24) is 25.1 Å². The molecule has 0 aliphatic carbocycles. The van der Waals surface area contributed by atoms with E-state index in [9.17, 15) is 0 Å². The van der Waals surface area contributed by atoms with Gasteiger partial charge in [0.15, 0.2) is 0 Å². The summed E-state index contributed by atoms with van der Waals surface area (Å²) < 4.78 is 5.36. The molecule has 0 atom stereocenters. The molecule has 4 rings (SSSR count). The van der Waals surface area contributed by atoms with E-state index in [-0.39, 0.29) is 0 Å². The van der Waals surface area contributed by atoms with Crippen LogP contribution in [0, 0.1) is 0 Å². The summed E-state index contributed by atoms with van der Waals surface area (Å²) in [5.41, 5.74) is 2.31. The average molecular weight is 275 g/mol. The van der Waals surface area contributed by atoms with Gasteiger partial charge in [-0.3, -0.25) is 9.97 Å². The molecule has 6 nitrogen and oxygen atoms in total. The van der Waals surface area contributed by atoms with E-state index in [1.54, 1.807) is 24.8 Å². The van der Waals surface area contributed by atoms with E-state index >= 15 is 0 Å². The van der Waals surface area contributed by atoms with Crippen molar-refractivity contribution in [2.24, 2.45) is 0 Å². The summed E-state index contributed by atoms with van der Waals surface area (Å²) in [5.74, 6) is 0.855. The molecular formula is C15H9N5O. The van der Waals surface area contributed by atoms with Crippen molar-refractivity contribution in [3.8, 4) is 23.0 Å². The molecule has 0 N–H and O–H groups in total. The quantitative estimate of drug-likeness (QED) is 0.559. The standard InChI is InChI=1S/C15H9N5O/c1-2-4-12-10(3-1)11(5-6-17-12)15-19-14(20-21-15)13-9-16-7-8-18-13/h1-9H. The SMILES string of the molecule is c1ccc2c(-c3nc(-c4cnccn4)no3)ccnc2c1. The Morgan fingerprint density at radius 3 is 2.76 bits per heavy atom. The molecule has 0 aliphatic heterocycles. The van der Waals surface area contributed by atoms with Crippen LogP contribution in [-0.4, -0.2) is 25.1 Å². The molecule has 0 spiro atoms. The summed E-state index contributed by atoms with van der Waals surface area (Å²) in [6, 6.07) is 9.67. The van der Waals surface area contributed by atoms with Crippen LogP contribution in [0.1, 0.15) is 0 Å². The van der Waals surface area contributed by atoms with Crippen LogP contribution in [0.2, 0.25) is 0 Å². The van der Waals surface area contributed by atoms with E-state index in [1.807, 2.05) is 30.3 Å². The van der Waals surface area contributed by atoms with Gasteiger partial charge in [-0.05, 0) is 12.1 Å². The molecule has 0 amide bonds. The third-order valence-electron chi connectivity index (χ3n) is 3.10. The number of pyridine rings is 1. The molecule has 0 saturated heterocycles. The number of aromatic nitrogens is 5. The molecule has 100 valence electrons. The van der Waals surface area contributed by atoms with Gasteiger partial charge in [0.1, 0.15) is 5.69 Å². The van der Waals surface area contributed by atoms with Gasteiger partial charge in [0.05, 0.1) is 17.3 Å². The van der Waals surface area contributed by atoms with Gasteiger partial charge in [0, 0.05) is 24.0 Å². The van der Waals surface area contributed by atoms with Crippen LogP contribution in [0.25, 0.3) is 33.9 Å². The third-order valence-corrected chi connectivity index (χ3v) is 3.10. The maximum Gasteiger partial charge on any atom is 0.259 e. The maximum absolute atomic E-state index is 5.36. The van der Waals surface area contributed by atoms with E-state index < -0.39 is 0 Å². The van der Waals surface area contributed by atoms with E-state index in [1.165, 1.54) is 0 Å². The lowest BCUT2D eigenvalue weighted by Gasteiger charge is -2.00. The molecule has 0 unspecified atom stereocenters. The fourth-order valence-corrected chi connectivity index (χ4v) is 2.13. The molecule has 0 radical (unpaired) electrons. The first-order valence-electron chi connectivity index (χ1n) is 6.36. The lowest BCUT2D eigenvalue weighted by molar-refractivity contribution is 0.432. The number of fused-ring (bicyclic) bond motifs is 1. The van der Waals surface area contributed by atoms with Crippen molar-refractivity contribution >= 4 is 10.9 Å². The lowest BCUT2D eigenvalue weighted by atomic mass is 10.1. The van der Waals surface area contributed by atoms with E-state index in [4.69, 9.17) is 4.52 Å². The van der Waals surface area contributed by atoms with Gasteiger partial charge in [0.25, 0.3) is 5.89 Å². The van der Waals surface area contributed by atoms with Crippen LogP contribution in [0.4, 0.5) is 0 Å². The Kier molecular flexibility index (Phi) is 2.64. The molecule has 4 aromatic rings. The van der Waals surface area contributed by atoms with Gasteiger partial charge in [-0.25, -0.2) is 4.98 Å². The minimum absolute atomic E-state index is 0.416. The second kappa shape index (κ2) is 4.75. The number of hydrogen-bond donors (Lipinski definition) is 0. The number of rotatable bonds is 2. The largest absolute Gasteiger partial charge is 0.334 e. The zero-order valence-electron chi connectivity index (χ0n) is 10.8. The average Bonchev–Trinajstić information content (AvgIpc) is 3.05. The molecule has 0 aliphatic rings. The van der Waals surface area contributed by atoms with Gasteiger partial charge in [-0.1, -0.05) is 23.4 Å². The number of benzene rings is 1. The predicted molar refractivity (Wildman–Crippen MR) is 76.1 cm³/mol. The first-order chi connectivity index (χ1) is 10.4. The van der Waals surface area contributed by atoms with Crippen molar-refractivity contribution < 1.29 is 4.52 Å². The molecule has 3 aromatic heterocycles. The van der Waals surface area contributed by atoms with Gasteiger partial charge in [-0.15, -0.1) is 0 Å². The summed E-state index contributed by atoms with van der Waals surface area (Å²) in [7, 11) is 0. The zero-order valence-corrected chi connectivity index (χ0v) is 10.8. The highest BCUT2D eigenvalue weighted by molar-refractivity contribution is 5.92. The normalized spacial score (nSPS) is 10.9. The van der Waals surface area contributed by atoms with Gasteiger partial charge < -0.3 is 4.52 Å².